The molecule has 1 atom stereocenters. The van der Waals surface area contributed by atoms with E-state index in [-0.39, 0.29) is 5.91 Å². The highest BCUT2D eigenvalue weighted by atomic mass is 16.5. The molecule has 27 heavy (non-hydrogen) atoms. The van der Waals surface area contributed by atoms with Crippen molar-refractivity contribution in [3.05, 3.63) is 53.6 Å². The summed E-state index contributed by atoms with van der Waals surface area (Å²) in [7, 11) is 1.67. The zero-order valence-electron chi connectivity index (χ0n) is 16.6. The highest BCUT2D eigenvalue weighted by Gasteiger charge is 2.26. The van der Waals surface area contributed by atoms with Gasteiger partial charge in [-0.1, -0.05) is 12.1 Å². The predicted octanol–water partition coefficient (Wildman–Crippen LogP) is 3.43. The van der Waals surface area contributed by atoms with E-state index in [0.29, 0.717) is 13.1 Å². The minimum Gasteiger partial charge on any atom is -0.497 e. The summed E-state index contributed by atoms with van der Waals surface area (Å²) in [6.07, 6.45) is -0.488. The van der Waals surface area contributed by atoms with Gasteiger partial charge in [-0.3, -0.25) is 4.79 Å². The van der Waals surface area contributed by atoms with Crippen LogP contribution in [0.2, 0.25) is 0 Å². The number of hydrogen-bond acceptors (Lipinski definition) is 4. The molecule has 3 rings (SSSR count). The third kappa shape index (κ3) is 4.54. The van der Waals surface area contributed by atoms with E-state index in [1.807, 2.05) is 56.0 Å². The Balaban J connectivity index is 1.56. The number of nitrogens with zero attached hydrogens (tertiary/aromatic N) is 2. The van der Waals surface area contributed by atoms with E-state index >= 15 is 0 Å². The Morgan fingerprint density at radius 1 is 1.00 bits per heavy atom. The van der Waals surface area contributed by atoms with Crippen LogP contribution >= 0.6 is 0 Å². The quantitative estimate of drug-likeness (QED) is 0.811. The lowest BCUT2D eigenvalue weighted by Crippen LogP contribution is -2.52. The van der Waals surface area contributed by atoms with Gasteiger partial charge in [0.05, 0.1) is 7.11 Å². The number of ether oxygens (including phenoxy) is 2. The van der Waals surface area contributed by atoms with Crippen molar-refractivity contribution in [1.29, 1.82) is 0 Å². The van der Waals surface area contributed by atoms with E-state index in [1.165, 1.54) is 0 Å². The average molecular weight is 368 g/mol. The number of benzene rings is 2. The van der Waals surface area contributed by atoms with E-state index in [2.05, 4.69) is 17.0 Å². The monoisotopic (exact) mass is 368 g/mol. The summed E-state index contributed by atoms with van der Waals surface area (Å²) in [4.78, 5) is 17.0. The first-order valence-electron chi connectivity index (χ1n) is 9.39. The molecule has 0 saturated carbocycles. The number of rotatable bonds is 5. The molecule has 0 aliphatic carbocycles. The van der Waals surface area contributed by atoms with Crippen LogP contribution < -0.4 is 14.4 Å². The summed E-state index contributed by atoms with van der Waals surface area (Å²) in [6, 6.07) is 14.1. The van der Waals surface area contributed by atoms with Gasteiger partial charge in [-0.05, 0) is 62.2 Å². The van der Waals surface area contributed by atoms with Crippen LogP contribution in [0.3, 0.4) is 0 Å². The molecule has 0 bridgehead atoms. The number of anilines is 1. The fourth-order valence-electron chi connectivity index (χ4n) is 3.31. The van der Waals surface area contributed by atoms with E-state index in [1.54, 1.807) is 7.11 Å². The van der Waals surface area contributed by atoms with Crippen LogP contribution in [-0.2, 0) is 4.79 Å². The van der Waals surface area contributed by atoms with E-state index < -0.39 is 6.10 Å². The number of aryl methyl sites for hydroxylation is 2. The summed E-state index contributed by atoms with van der Waals surface area (Å²) < 4.78 is 11.2. The molecule has 144 valence electrons. The molecule has 1 aliphatic heterocycles. The molecule has 0 unspecified atom stereocenters. The van der Waals surface area contributed by atoms with Crippen molar-refractivity contribution in [2.45, 2.75) is 26.9 Å². The van der Waals surface area contributed by atoms with Gasteiger partial charge < -0.3 is 19.3 Å². The fraction of sp³-hybridized carbons (Fsp3) is 0.409. The first-order chi connectivity index (χ1) is 13.0. The van der Waals surface area contributed by atoms with Gasteiger partial charge in [0.1, 0.15) is 11.5 Å². The summed E-state index contributed by atoms with van der Waals surface area (Å²) in [5.41, 5.74) is 3.33. The van der Waals surface area contributed by atoms with Crippen LogP contribution in [0.5, 0.6) is 11.5 Å². The third-order valence-corrected chi connectivity index (χ3v) is 5.02. The normalized spacial score (nSPS) is 15.4. The Morgan fingerprint density at radius 2 is 1.67 bits per heavy atom. The van der Waals surface area contributed by atoms with Gasteiger partial charge in [-0.2, -0.15) is 0 Å². The van der Waals surface area contributed by atoms with Gasteiger partial charge in [0.2, 0.25) is 0 Å². The van der Waals surface area contributed by atoms with Gasteiger partial charge in [0, 0.05) is 31.9 Å². The number of methoxy groups -OCH3 is 1. The standard InChI is InChI=1S/C22H28N2O3/c1-16-5-6-17(2)21(15-16)27-18(3)22(25)24-13-11-23(12-14-24)19-7-9-20(26-4)10-8-19/h5-10,15,18H,11-14H2,1-4H3/t18-/m0/s1. The number of hydrogen-bond donors (Lipinski definition) is 0. The second kappa shape index (κ2) is 8.33. The highest BCUT2D eigenvalue weighted by Crippen LogP contribution is 2.23. The van der Waals surface area contributed by atoms with Gasteiger partial charge >= 0.3 is 0 Å². The summed E-state index contributed by atoms with van der Waals surface area (Å²) >= 11 is 0. The second-order valence-corrected chi connectivity index (χ2v) is 7.04. The first-order valence-corrected chi connectivity index (χ1v) is 9.39. The van der Waals surface area contributed by atoms with Crippen LogP contribution in [0.4, 0.5) is 5.69 Å². The van der Waals surface area contributed by atoms with Gasteiger partial charge in [0.25, 0.3) is 5.91 Å². The molecular weight excluding hydrogens is 340 g/mol. The molecule has 5 nitrogen and oxygen atoms in total. The van der Waals surface area contributed by atoms with Crippen molar-refractivity contribution in [2.24, 2.45) is 0 Å². The maximum Gasteiger partial charge on any atom is 0.263 e. The topological polar surface area (TPSA) is 42.0 Å². The van der Waals surface area contributed by atoms with Gasteiger partial charge in [-0.15, -0.1) is 0 Å². The maximum absolute atomic E-state index is 12.8. The number of carbonyl (C=O) groups excluding carboxylic acids is 1. The predicted molar refractivity (Wildman–Crippen MR) is 108 cm³/mol. The fourth-order valence-corrected chi connectivity index (χ4v) is 3.31. The Morgan fingerprint density at radius 3 is 2.30 bits per heavy atom. The Bertz CT molecular complexity index is 781. The van der Waals surface area contributed by atoms with Crippen molar-refractivity contribution >= 4 is 11.6 Å². The second-order valence-electron chi connectivity index (χ2n) is 7.04. The maximum atomic E-state index is 12.8. The summed E-state index contributed by atoms with van der Waals surface area (Å²) in [5.74, 6) is 1.68. The minimum absolute atomic E-state index is 0.0466. The molecule has 0 spiro atoms. The van der Waals surface area contributed by atoms with Crippen molar-refractivity contribution in [3.63, 3.8) is 0 Å². The minimum atomic E-state index is -0.488. The Hall–Kier alpha value is -2.69. The van der Waals surface area contributed by atoms with Gasteiger partial charge in [0.15, 0.2) is 6.10 Å². The van der Waals surface area contributed by atoms with Crippen LogP contribution in [0.1, 0.15) is 18.1 Å². The molecule has 1 fully saturated rings. The zero-order chi connectivity index (χ0) is 19.4. The van der Waals surface area contributed by atoms with Crippen LogP contribution in [-0.4, -0.2) is 50.2 Å². The molecule has 0 aromatic heterocycles. The van der Waals surface area contributed by atoms with Crippen LogP contribution in [0.25, 0.3) is 0 Å². The molecule has 0 N–H and O–H groups in total. The van der Waals surface area contributed by atoms with Crippen molar-refractivity contribution in [2.75, 3.05) is 38.2 Å². The smallest absolute Gasteiger partial charge is 0.263 e. The third-order valence-electron chi connectivity index (χ3n) is 5.02. The SMILES string of the molecule is COc1ccc(N2CCN(C(=O)[C@H](C)Oc3cc(C)ccc3C)CC2)cc1. The van der Waals surface area contributed by atoms with Crippen molar-refractivity contribution in [3.8, 4) is 11.5 Å². The molecular formula is C22H28N2O3. The summed E-state index contributed by atoms with van der Waals surface area (Å²) in [5, 5.41) is 0. The summed E-state index contributed by atoms with van der Waals surface area (Å²) in [6.45, 7) is 8.88. The molecule has 1 amide bonds. The zero-order valence-corrected chi connectivity index (χ0v) is 16.6. The highest BCUT2D eigenvalue weighted by molar-refractivity contribution is 5.81. The lowest BCUT2D eigenvalue weighted by atomic mass is 10.1. The number of piperazine rings is 1. The molecule has 2 aromatic rings. The van der Waals surface area contributed by atoms with Crippen LogP contribution in [0, 0.1) is 13.8 Å². The number of amides is 1. The molecule has 1 saturated heterocycles. The number of carbonyl (C=O) groups is 1. The lowest BCUT2D eigenvalue weighted by Gasteiger charge is -2.37. The van der Waals surface area contributed by atoms with Gasteiger partial charge in [-0.25, -0.2) is 0 Å². The van der Waals surface area contributed by atoms with E-state index in [0.717, 1.165) is 41.4 Å². The van der Waals surface area contributed by atoms with Crippen LogP contribution in [0.15, 0.2) is 42.5 Å². The molecule has 0 radical (unpaired) electrons. The van der Waals surface area contributed by atoms with E-state index in [9.17, 15) is 4.79 Å². The molecule has 1 heterocycles. The molecule has 2 aromatic carbocycles. The largest absolute Gasteiger partial charge is 0.497 e. The van der Waals surface area contributed by atoms with E-state index in [4.69, 9.17) is 9.47 Å². The van der Waals surface area contributed by atoms with Crippen molar-refractivity contribution < 1.29 is 14.3 Å². The molecule has 5 heteroatoms. The Kier molecular flexibility index (Phi) is 5.89. The first kappa shape index (κ1) is 19.1. The average Bonchev–Trinajstić information content (AvgIpc) is 2.70. The lowest BCUT2D eigenvalue weighted by molar-refractivity contribution is -0.138. The Labute approximate surface area is 161 Å². The molecule has 1 aliphatic rings. The van der Waals surface area contributed by atoms with Crippen molar-refractivity contribution in [1.82, 2.24) is 4.90 Å².